The molecule has 0 aliphatic carbocycles. The van der Waals surface area contributed by atoms with Gasteiger partial charge in [0.15, 0.2) is 0 Å². The summed E-state index contributed by atoms with van der Waals surface area (Å²) in [7, 11) is 1.45. The van der Waals surface area contributed by atoms with Gasteiger partial charge >= 0.3 is 6.01 Å². The van der Waals surface area contributed by atoms with E-state index in [9.17, 15) is 4.79 Å². The van der Waals surface area contributed by atoms with Crippen molar-refractivity contribution in [1.82, 2.24) is 15.2 Å². The zero-order valence-electron chi connectivity index (χ0n) is 11.6. The number of hydrogen-bond acceptors (Lipinski definition) is 5. The molecule has 108 valence electrons. The quantitative estimate of drug-likeness (QED) is 0.765. The van der Waals surface area contributed by atoms with E-state index in [1.54, 1.807) is 6.26 Å². The van der Waals surface area contributed by atoms with E-state index < -0.39 is 0 Å². The number of aromatic amines is 1. The molecule has 7 nitrogen and oxygen atoms in total. The molecule has 2 N–H and O–H groups in total. The molecule has 3 rings (SSSR count). The molecule has 0 bridgehead atoms. The van der Waals surface area contributed by atoms with Gasteiger partial charge in [-0.05, 0) is 18.6 Å². The lowest BCUT2D eigenvalue weighted by atomic mass is 10.1. The molecular weight excluding hydrogens is 272 g/mol. The van der Waals surface area contributed by atoms with Crippen molar-refractivity contribution in [1.29, 1.82) is 0 Å². The average Bonchev–Trinajstić information content (AvgIpc) is 3.06. The van der Waals surface area contributed by atoms with Crippen molar-refractivity contribution >= 4 is 22.8 Å². The molecule has 3 aromatic rings. The summed E-state index contributed by atoms with van der Waals surface area (Å²) < 4.78 is 10.3. The van der Waals surface area contributed by atoms with E-state index in [2.05, 4.69) is 20.5 Å². The van der Waals surface area contributed by atoms with Crippen LogP contribution in [-0.2, 0) is 11.2 Å². The monoisotopic (exact) mass is 286 g/mol. The highest BCUT2D eigenvalue weighted by atomic mass is 16.5. The van der Waals surface area contributed by atoms with Crippen LogP contribution in [0.25, 0.3) is 11.0 Å². The third-order valence-electron chi connectivity index (χ3n) is 3.07. The van der Waals surface area contributed by atoms with Crippen LogP contribution in [0.3, 0.4) is 0 Å². The molecule has 0 saturated heterocycles. The Bertz CT molecular complexity index is 790. The largest absolute Gasteiger partial charge is 0.466 e. The van der Waals surface area contributed by atoms with Gasteiger partial charge in [-0.25, -0.2) is 5.10 Å². The molecule has 0 fully saturated rings. The number of hydrogen-bond donors (Lipinski definition) is 2. The Hall–Kier alpha value is -2.83. The maximum absolute atomic E-state index is 12.0. The molecule has 2 aromatic heterocycles. The number of nitrogens with zero attached hydrogens (tertiary/aromatic N) is 2. The van der Waals surface area contributed by atoms with Gasteiger partial charge in [0.05, 0.1) is 19.8 Å². The standard InChI is InChI=1S/C14H14N4O3/c1-8-3-4-10-9(7-21-11(10)5-8)6-12(19)15-13-16-14(20-2)18-17-13/h3-5,7H,6H2,1-2H3,(H2,15,16,17,18,19). The predicted octanol–water partition coefficient (Wildman–Crippen LogP) is 2.05. The number of furan rings is 1. The summed E-state index contributed by atoms with van der Waals surface area (Å²) >= 11 is 0. The third kappa shape index (κ3) is 2.71. The topological polar surface area (TPSA) is 93.0 Å². The molecule has 1 amide bonds. The maximum Gasteiger partial charge on any atom is 0.336 e. The van der Waals surface area contributed by atoms with Crippen LogP contribution in [0.15, 0.2) is 28.9 Å². The SMILES string of the molecule is COc1n[nH]c(NC(=O)Cc2coc3cc(C)ccc23)n1. The number of methoxy groups -OCH3 is 1. The van der Waals surface area contributed by atoms with Crippen LogP contribution in [0.1, 0.15) is 11.1 Å². The van der Waals surface area contributed by atoms with Gasteiger partial charge in [0.1, 0.15) is 5.58 Å². The predicted molar refractivity (Wildman–Crippen MR) is 76.2 cm³/mol. The number of ether oxygens (including phenoxy) is 1. The fraction of sp³-hybridized carbons (Fsp3) is 0.214. The number of rotatable bonds is 4. The minimum atomic E-state index is -0.211. The first-order valence-corrected chi connectivity index (χ1v) is 6.38. The van der Waals surface area contributed by atoms with Crippen LogP contribution in [0.5, 0.6) is 6.01 Å². The zero-order valence-corrected chi connectivity index (χ0v) is 11.6. The van der Waals surface area contributed by atoms with Crippen LogP contribution in [0.2, 0.25) is 0 Å². The second-order valence-corrected chi connectivity index (χ2v) is 4.66. The van der Waals surface area contributed by atoms with E-state index in [4.69, 9.17) is 9.15 Å². The van der Waals surface area contributed by atoms with Crippen molar-refractivity contribution < 1.29 is 13.9 Å². The van der Waals surface area contributed by atoms with Gasteiger partial charge in [0.2, 0.25) is 11.9 Å². The number of H-pyrrole nitrogens is 1. The summed E-state index contributed by atoms with van der Waals surface area (Å²) in [5, 5.41) is 9.88. The lowest BCUT2D eigenvalue weighted by molar-refractivity contribution is -0.115. The molecule has 2 heterocycles. The normalized spacial score (nSPS) is 10.8. The number of benzene rings is 1. The lowest BCUT2D eigenvalue weighted by Crippen LogP contribution is -2.15. The fourth-order valence-corrected chi connectivity index (χ4v) is 2.07. The molecule has 21 heavy (non-hydrogen) atoms. The van der Waals surface area contributed by atoms with Crippen LogP contribution >= 0.6 is 0 Å². The molecule has 0 atom stereocenters. The number of anilines is 1. The summed E-state index contributed by atoms with van der Waals surface area (Å²) in [6.45, 7) is 1.99. The summed E-state index contributed by atoms with van der Waals surface area (Å²) in [6.07, 6.45) is 1.80. The Kier molecular flexibility index (Phi) is 3.31. The van der Waals surface area contributed by atoms with Gasteiger partial charge in [0, 0.05) is 10.9 Å². The highest BCUT2D eigenvalue weighted by molar-refractivity contribution is 5.94. The summed E-state index contributed by atoms with van der Waals surface area (Å²) in [5.41, 5.74) is 2.72. The van der Waals surface area contributed by atoms with Gasteiger partial charge < -0.3 is 9.15 Å². The number of fused-ring (bicyclic) bond motifs is 1. The maximum atomic E-state index is 12.0. The Balaban J connectivity index is 1.74. The highest BCUT2D eigenvalue weighted by Crippen LogP contribution is 2.22. The van der Waals surface area contributed by atoms with Crippen molar-refractivity contribution in [3.63, 3.8) is 0 Å². The molecule has 1 aromatic carbocycles. The second-order valence-electron chi connectivity index (χ2n) is 4.66. The first kappa shape index (κ1) is 13.2. The number of aromatic nitrogens is 3. The number of carbonyl (C=O) groups is 1. The highest BCUT2D eigenvalue weighted by Gasteiger charge is 2.12. The average molecular weight is 286 g/mol. The zero-order chi connectivity index (χ0) is 14.8. The van der Waals surface area contributed by atoms with E-state index in [1.165, 1.54) is 7.11 Å². The van der Waals surface area contributed by atoms with Gasteiger partial charge in [-0.2, -0.15) is 4.98 Å². The molecule has 0 spiro atoms. The van der Waals surface area contributed by atoms with Crippen LogP contribution in [-0.4, -0.2) is 28.2 Å². The molecule has 0 aliphatic heterocycles. The smallest absolute Gasteiger partial charge is 0.336 e. The third-order valence-corrected chi connectivity index (χ3v) is 3.07. The first-order chi connectivity index (χ1) is 10.2. The minimum Gasteiger partial charge on any atom is -0.466 e. The number of amides is 1. The van der Waals surface area contributed by atoms with E-state index in [-0.39, 0.29) is 24.3 Å². The van der Waals surface area contributed by atoms with Crippen LogP contribution in [0.4, 0.5) is 5.95 Å². The van der Waals surface area contributed by atoms with Crippen molar-refractivity contribution in [2.75, 3.05) is 12.4 Å². The Labute approximate surface area is 120 Å². The summed E-state index contributed by atoms with van der Waals surface area (Å²) in [4.78, 5) is 15.9. The van der Waals surface area contributed by atoms with Crippen LogP contribution in [0, 0.1) is 6.92 Å². The van der Waals surface area contributed by atoms with Crippen molar-refractivity contribution in [3.05, 3.63) is 35.6 Å². The van der Waals surface area contributed by atoms with Crippen molar-refractivity contribution in [2.45, 2.75) is 13.3 Å². The summed E-state index contributed by atoms with van der Waals surface area (Å²) in [5.74, 6) is 0.0394. The Morgan fingerprint density at radius 2 is 2.33 bits per heavy atom. The van der Waals surface area contributed by atoms with Crippen molar-refractivity contribution in [3.8, 4) is 6.01 Å². The van der Waals surface area contributed by atoms with E-state index in [1.807, 2.05) is 25.1 Å². The lowest BCUT2D eigenvalue weighted by Gasteiger charge is -2.00. The Morgan fingerprint density at radius 1 is 1.48 bits per heavy atom. The minimum absolute atomic E-state index is 0.175. The molecular formula is C14H14N4O3. The van der Waals surface area contributed by atoms with Gasteiger partial charge in [0.25, 0.3) is 0 Å². The second kappa shape index (κ2) is 5.28. The van der Waals surface area contributed by atoms with E-state index in [0.717, 1.165) is 22.1 Å². The van der Waals surface area contributed by atoms with Gasteiger partial charge in [-0.15, -0.1) is 5.10 Å². The molecule has 7 heteroatoms. The Morgan fingerprint density at radius 3 is 3.10 bits per heavy atom. The van der Waals surface area contributed by atoms with Gasteiger partial charge in [-0.3, -0.25) is 10.1 Å². The van der Waals surface area contributed by atoms with E-state index in [0.29, 0.717) is 0 Å². The van der Waals surface area contributed by atoms with Crippen molar-refractivity contribution in [2.24, 2.45) is 0 Å². The fourth-order valence-electron chi connectivity index (χ4n) is 2.07. The van der Waals surface area contributed by atoms with Crippen LogP contribution < -0.4 is 10.1 Å². The van der Waals surface area contributed by atoms with E-state index >= 15 is 0 Å². The number of carbonyl (C=O) groups excluding carboxylic acids is 1. The molecule has 0 unspecified atom stereocenters. The number of nitrogens with one attached hydrogen (secondary N) is 2. The molecule has 0 saturated carbocycles. The molecule has 0 radical (unpaired) electrons. The first-order valence-electron chi connectivity index (χ1n) is 6.38. The number of aryl methyl sites for hydroxylation is 1. The molecule has 0 aliphatic rings. The van der Waals surface area contributed by atoms with Gasteiger partial charge in [-0.1, -0.05) is 12.1 Å². The summed E-state index contributed by atoms with van der Waals surface area (Å²) in [6, 6.07) is 6.06.